The molecule has 0 spiro atoms. The fourth-order valence-corrected chi connectivity index (χ4v) is 4.55. The Bertz CT molecular complexity index is 449. The van der Waals surface area contributed by atoms with E-state index >= 15 is 0 Å². The Labute approximate surface area is 154 Å². The van der Waals surface area contributed by atoms with Crippen LogP contribution < -0.4 is 0 Å². The SMILES string of the molecule is CCCCCCCC/C=C1\CC[C@H](CC(=O)O)[C@@H](O)[C@@H]1SCC(=O)O. The molecule has 6 heteroatoms. The molecular formula is C19H32O5S. The normalized spacial score (nSPS) is 25.2. The van der Waals surface area contributed by atoms with Crippen molar-refractivity contribution in [2.24, 2.45) is 5.92 Å². The van der Waals surface area contributed by atoms with Gasteiger partial charge in [0.1, 0.15) is 0 Å². The summed E-state index contributed by atoms with van der Waals surface area (Å²) in [6.07, 6.45) is 11.0. The average Bonchev–Trinajstić information content (AvgIpc) is 2.55. The van der Waals surface area contributed by atoms with Crippen LogP contribution >= 0.6 is 11.8 Å². The zero-order valence-corrected chi connectivity index (χ0v) is 16.0. The van der Waals surface area contributed by atoms with Crippen molar-refractivity contribution in [3.63, 3.8) is 0 Å². The van der Waals surface area contributed by atoms with E-state index in [-0.39, 0.29) is 23.3 Å². The maximum Gasteiger partial charge on any atom is 0.313 e. The predicted molar refractivity (Wildman–Crippen MR) is 101 cm³/mol. The highest BCUT2D eigenvalue weighted by Crippen LogP contribution is 2.38. The Morgan fingerprint density at radius 1 is 1.12 bits per heavy atom. The van der Waals surface area contributed by atoms with E-state index in [9.17, 15) is 14.7 Å². The van der Waals surface area contributed by atoms with Crippen molar-refractivity contribution < 1.29 is 24.9 Å². The van der Waals surface area contributed by atoms with Crippen molar-refractivity contribution in [1.82, 2.24) is 0 Å². The number of rotatable bonds is 12. The second-order valence-corrected chi connectivity index (χ2v) is 7.98. The van der Waals surface area contributed by atoms with Gasteiger partial charge in [0, 0.05) is 0 Å². The highest BCUT2D eigenvalue weighted by Gasteiger charge is 2.36. The zero-order valence-electron chi connectivity index (χ0n) is 15.2. The minimum absolute atomic E-state index is 0.0595. The molecule has 25 heavy (non-hydrogen) atoms. The van der Waals surface area contributed by atoms with Crippen molar-refractivity contribution in [1.29, 1.82) is 0 Å². The van der Waals surface area contributed by atoms with Crippen LogP contribution in [-0.4, -0.2) is 44.4 Å². The summed E-state index contributed by atoms with van der Waals surface area (Å²) in [5.74, 6) is -2.19. The van der Waals surface area contributed by atoms with Crippen LogP contribution in [0.15, 0.2) is 11.6 Å². The van der Waals surface area contributed by atoms with Gasteiger partial charge in [0.25, 0.3) is 0 Å². The molecule has 0 radical (unpaired) electrons. The molecule has 0 saturated heterocycles. The standard InChI is InChI=1S/C19H32O5S/c1-2-3-4-5-6-7-8-9-14-10-11-15(12-16(20)21)18(24)19(14)25-13-17(22)23/h9,15,18-19,24H,2-8,10-13H2,1H3,(H,20,21)(H,22,23)/b14-9+/t15-,18-,19-/m1/s1. The number of carboxylic acids is 2. The van der Waals surface area contributed by atoms with E-state index in [1.165, 1.54) is 43.9 Å². The molecule has 1 aliphatic carbocycles. The van der Waals surface area contributed by atoms with Gasteiger partial charge in [0.05, 0.1) is 23.5 Å². The molecule has 1 fully saturated rings. The molecule has 5 nitrogen and oxygen atoms in total. The van der Waals surface area contributed by atoms with Gasteiger partial charge >= 0.3 is 11.9 Å². The fraction of sp³-hybridized carbons (Fsp3) is 0.789. The topological polar surface area (TPSA) is 94.8 Å². The summed E-state index contributed by atoms with van der Waals surface area (Å²) in [6.45, 7) is 2.20. The molecule has 0 unspecified atom stereocenters. The van der Waals surface area contributed by atoms with Gasteiger partial charge < -0.3 is 15.3 Å². The van der Waals surface area contributed by atoms with Crippen molar-refractivity contribution in [3.05, 3.63) is 11.6 Å². The predicted octanol–water partition coefficient (Wildman–Crippen LogP) is 4.10. The molecule has 3 N–H and O–H groups in total. The molecular weight excluding hydrogens is 340 g/mol. The lowest BCUT2D eigenvalue weighted by Gasteiger charge is -2.36. The van der Waals surface area contributed by atoms with E-state index in [1.54, 1.807) is 0 Å². The van der Waals surface area contributed by atoms with E-state index < -0.39 is 18.0 Å². The number of carboxylic acid groups (broad SMARTS) is 2. The molecule has 0 aromatic rings. The highest BCUT2D eigenvalue weighted by molar-refractivity contribution is 8.00. The van der Waals surface area contributed by atoms with Gasteiger partial charge in [-0.15, -0.1) is 11.8 Å². The van der Waals surface area contributed by atoms with Crippen molar-refractivity contribution in [2.45, 2.75) is 82.5 Å². The van der Waals surface area contributed by atoms with Gasteiger partial charge in [0.2, 0.25) is 0 Å². The maximum atomic E-state index is 11.0. The van der Waals surface area contributed by atoms with Crippen LogP contribution in [0.4, 0.5) is 0 Å². The summed E-state index contributed by atoms with van der Waals surface area (Å²) in [5.41, 5.74) is 1.09. The molecule has 0 bridgehead atoms. The first kappa shape index (κ1) is 22.0. The number of aliphatic hydroxyl groups excluding tert-OH is 1. The quantitative estimate of drug-likeness (QED) is 0.353. The summed E-state index contributed by atoms with van der Waals surface area (Å²) >= 11 is 1.22. The lowest BCUT2D eigenvalue weighted by Crippen LogP contribution is -2.38. The number of carbonyl (C=O) groups is 2. The number of unbranched alkanes of at least 4 members (excludes halogenated alkanes) is 6. The smallest absolute Gasteiger partial charge is 0.313 e. The zero-order chi connectivity index (χ0) is 18.7. The van der Waals surface area contributed by atoms with E-state index in [2.05, 4.69) is 13.0 Å². The molecule has 1 saturated carbocycles. The van der Waals surface area contributed by atoms with Gasteiger partial charge in [-0.05, 0) is 31.6 Å². The van der Waals surface area contributed by atoms with Gasteiger partial charge in [-0.3, -0.25) is 9.59 Å². The highest BCUT2D eigenvalue weighted by atomic mass is 32.2. The minimum atomic E-state index is -0.912. The second kappa shape index (κ2) is 12.4. The Kier molecular flexibility index (Phi) is 10.9. The van der Waals surface area contributed by atoms with Crippen molar-refractivity contribution >= 4 is 23.7 Å². The van der Waals surface area contributed by atoms with Crippen molar-refractivity contribution in [3.8, 4) is 0 Å². The first-order valence-electron chi connectivity index (χ1n) is 9.37. The van der Waals surface area contributed by atoms with Gasteiger partial charge in [-0.25, -0.2) is 0 Å². The molecule has 0 heterocycles. The Hall–Kier alpha value is -1.01. The maximum absolute atomic E-state index is 11.0. The summed E-state index contributed by atoms with van der Waals surface area (Å²) in [5, 5.41) is 28.2. The van der Waals surface area contributed by atoms with Crippen LogP contribution in [0.25, 0.3) is 0 Å². The van der Waals surface area contributed by atoms with Gasteiger partial charge in [-0.1, -0.05) is 50.7 Å². The first-order valence-corrected chi connectivity index (χ1v) is 10.4. The van der Waals surface area contributed by atoms with Gasteiger partial charge in [0.15, 0.2) is 0 Å². The molecule has 0 aromatic heterocycles. The van der Waals surface area contributed by atoms with E-state index in [4.69, 9.17) is 10.2 Å². The largest absolute Gasteiger partial charge is 0.481 e. The van der Waals surface area contributed by atoms with Crippen LogP contribution in [0.5, 0.6) is 0 Å². The summed E-state index contributed by atoms with van der Waals surface area (Å²) in [7, 11) is 0. The Balaban J connectivity index is 2.57. The van der Waals surface area contributed by atoms with Gasteiger partial charge in [-0.2, -0.15) is 0 Å². The van der Waals surface area contributed by atoms with E-state index in [0.29, 0.717) is 6.42 Å². The summed E-state index contributed by atoms with van der Waals surface area (Å²) in [4.78, 5) is 21.8. The lowest BCUT2D eigenvalue weighted by atomic mass is 9.80. The number of allylic oxidation sites excluding steroid dienone is 1. The Morgan fingerprint density at radius 3 is 2.44 bits per heavy atom. The van der Waals surface area contributed by atoms with E-state index in [1.807, 2.05) is 0 Å². The Morgan fingerprint density at radius 2 is 1.80 bits per heavy atom. The van der Waals surface area contributed by atoms with Crippen LogP contribution in [0.3, 0.4) is 0 Å². The number of aliphatic hydroxyl groups is 1. The number of aliphatic carboxylic acids is 2. The van der Waals surface area contributed by atoms with Crippen LogP contribution in [-0.2, 0) is 9.59 Å². The van der Waals surface area contributed by atoms with Crippen LogP contribution in [0.2, 0.25) is 0 Å². The average molecular weight is 373 g/mol. The molecule has 0 aliphatic heterocycles. The second-order valence-electron chi connectivity index (χ2n) is 6.85. The minimum Gasteiger partial charge on any atom is -0.481 e. The van der Waals surface area contributed by atoms with Crippen molar-refractivity contribution in [2.75, 3.05) is 5.75 Å². The number of hydrogen-bond acceptors (Lipinski definition) is 4. The summed E-state index contributed by atoms with van der Waals surface area (Å²) in [6, 6.07) is 0. The number of thioether (sulfide) groups is 1. The molecule has 1 rings (SSSR count). The lowest BCUT2D eigenvalue weighted by molar-refractivity contribution is -0.139. The van der Waals surface area contributed by atoms with E-state index in [0.717, 1.165) is 24.8 Å². The molecule has 0 amide bonds. The van der Waals surface area contributed by atoms with Crippen LogP contribution in [0.1, 0.15) is 71.1 Å². The molecule has 144 valence electrons. The molecule has 3 atom stereocenters. The van der Waals surface area contributed by atoms with Crippen LogP contribution in [0, 0.1) is 5.92 Å². The number of hydrogen-bond donors (Lipinski definition) is 3. The third kappa shape index (κ3) is 8.77. The molecule has 0 aromatic carbocycles. The third-order valence-electron chi connectivity index (χ3n) is 4.75. The third-order valence-corrected chi connectivity index (χ3v) is 6.10. The monoisotopic (exact) mass is 372 g/mol. The summed E-state index contributed by atoms with van der Waals surface area (Å²) < 4.78 is 0. The first-order chi connectivity index (χ1) is 12.0. The molecule has 1 aliphatic rings. The fourth-order valence-electron chi connectivity index (χ4n) is 3.38.